The van der Waals surface area contributed by atoms with E-state index in [1.165, 1.54) is 6.07 Å². The van der Waals surface area contributed by atoms with Crippen LogP contribution >= 0.6 is 0 Å². The van der Waals surface area contributed by atoms with Gasteiger partial charge < -0.3 is 24.8 Å². The predicted octanol–water partition coefficient (Wildman–Crippen LogP) is 2.03. The summed E-state index contributed by atoms with van der Waals surface area (Å²) in [6.07, 6.45) is -0.694. The molecule has 0 saturated carbocycles. The van der Waals surface area contributed by atoms with Gasteiger partial charge in [-0.15, -0.1) is 0 Å². The molecule has 0 bridgehead atoms. The standard InChI is InChI=1S/C17H21F2N3O3/c1-22-6-4-15(17(18,19)10-22)25-16-12(8-20)13(21)2-3-14(16)24-11-5-7-23-9-11/h2-3,11,15H,4-7,9-10,21H2,1H3/t11-,15?/m0/s1. The van der Waals surface area contributed by atoms with Crippen LogP contribution in [0.2, 0.25) is 0 Å². The maximum atomic E-state index is 14.3. The lowest BCUT2D eigenvalue weighted by Gasteiger charge is -2.36. The molecule has 2 fully saturated rings. The molecule has 136 valence electrons. The van der Waals surface area contributed by atoms with Crippen LogP contribution in [0, 0.1) is 11.3 Å². The largest absolute Gasteiger partial charge is 0.484 e. The van der Waals surface area contributed by atoms with E-state index in [1.807, 2.05) is 6.07 Å². The van der Waals surface area contributed by atoms with Crippen molar-refractivity contribution in [3.63, 3.8) is 0 Å². The maximum Gasteiger partial charge on any atom is 0.296 e. The average molecular weight is 353 g/mol. The second-order valence-electron chi connectivity index (χ2n) is 6.47. The summed E-state index contributed by atoms with van der Waals surface area (Å²) in [5.74, 6) is -2.79. The molecule has 1 unspecified atom stereocenters. The molecule has 0 aromatic heterocycles. The number of hydrogen-bond donors (Lipinski definition) is 1. The Morgan fingerprint density at radius 1 is 1.36 bits per heavy atom. The van der Waals surface area contributed by atoms with Crippen molar-refractivity contribution in [2.24, 2.45) is 0 Å². The molecule has 25 heavy (non-hydrogen) atoms. The van der Waals surface area contributed by atoms with Gasteiger partial charge in [-0.25, -0.2) is 8.78 Å². The smallest absolute Gasteiger partial charge is 0.296 e. The molecule has 2 atom stereocenters. The SMILES string of the molecule is CN1CCC(Oc2c(O[C@H]3CCOC3)ccc(N)c2C#N)C(F)(F)C1. The second-order valence-corrected chi connectivity index (χ2v) is 6.47. The minimum atomic E-state index is -3.03. The highest BCUT2D eigenvalue weighted by Crippen LogP contribution is 2.40. The third-order valence-electron chi connectivity index (χ3n) is 4.43. The lowest BCUT2D eigenvalue weighted by atomic mass is 10.0. The number of nitrogen functional groups attached to an aromatic ring is 1. The predicted molar refractivity (Wildman–Crippen MR) is 86.9 cm³/mol. The van der Waals surface area contributed by atoms with Crippen LogP contribution in [0.25, 0.3) is 0 Å². The molecule has 2 heterocycles. The van der Waals surface area contributed by atoms with Gasteiger partial charge in [-0.2, -0.15) is 5.26 Å². The van der Waals surface area contributed by atoms with Gasteiger partial charge in [-0.3, -0.25) is 0 Å². The first-order valence-electron chi connectivity index (χ1n) is 8.20. The lowest BCUT2D eigenvalue weighted by Crippen LogP contribution is -2.52. The molecule has 0 spiro atoms. The fraction of sp³-hybridized carbons (Fsp3) is 0.588. The molecule has 0 radical (unpaired) electrons. The van der Waals surface area contributed by atoms with E-state index in [2.05, 4.69) is 0 Å². The van der Waals surface area contributed by atoms with Crippen molar-refractivity contribution in [1.29, 1.82) is 5.26 Å². The highest BCUT2D eigenvalue weighted by Gasteiger charge is 2.46. The van der Waals surface area contributed by atoms with E-state index in [4.69, 9.17) is 19.9 Å². The van der Waals surface area contributed by atoms with E-state index in [9.17, 15) is 14.0 Å². The van der Waals surface area contributed by atoms with Gasteiger partial charge in [0.2, 0.25) is 0 Å². The number of nitrogens with two attached hydrogens (primary N) is 1. The second kappa shape index (κ2) is 7.02. The third kappa shape index (κ3) is 3.78. The summed E-state index contributed by atoms with van der Waals surface area (Å²) in [4.78, 5) is 1.55. The van der Waals surface area contributed by atoms with Gasteiger partial charge in [0, 0.05) is 19.4 Å². The summed E-state index contributed by atoms with van der Waals surface area (Å²) < 4.78 is 45.4. The van der Waals surface area contributed by atoms with Gasteiger partial charge in [0.1, 0.15) is 17.7 Å². The first kappa shape index (κ1) is 17.7. The topological polar surface area (TPSA) is 80.7 Å². The van der Waals surface area contributed by atoms with Gasteiger partial charge in [0.25, 0.3) is 5.92 Å². The van der Waals surface area contributed by atoms with Gasteiger partial charge in [0.15, 0.2) is 17.6 Å². The van der Waals surface area contributed by atoms with E-state index < -0.39 is 18.6 Å². The first-order chi connectivity index (χ1) is 11.9. The summed E-state index contributed by atoms with van der Waals surface area (Å²) in [5, 5.41) is 9.40. The molecule has 2 aliphatic heterocycles. The van der Waals surface area contributed by atoms with Gasteiger partial charge in [-0.1, -0.05) is 0 Å². The number of nitrogens with zero attached hydrogens (tertiary/aromatic N) is 2. The van der Waals surface area contributed by atoms with Crippen LogP contribution in [0.3, 0.4) is 0 Å². The van der Waals surface area contributed by atoms with E-state index in [-0.39, 0.29) is 35.3 Å². The van der Waals surface area contributed by atoms with Crippen molar-refractivity contribution in [3.8, 4) is 17.6 Å². The molecule has 1 aromatic rings. The number of piperidine rings is 1. The van der Waals surface area contributed by atoms with Crippen molar-refractivity contribution in [2.45, 2.75) is 31.0 Å². The number of nitriles is 1. The number of ether oxygens (including phenoxy) is 3. The Balaban J connectivity index is 1.90. The molecule has 0 aliphatic carbocycles. The number of likely N-dealkylation sites (tertiary alicyclic amines) is 1. The highest BCUT2D eigenvalue weighted by atomic mass is 19.3. The summed E-state index contributed by atoms with van der Waals surface area (Å²) >= 11 is 0. The Kier molecular flexibility index (Phi) is 4.97. The highest BCUT2D eigenvalue weighted by molar-refractivity contribution is 5.66. The quantitative estimate of drug-likeness (QED) is 0.834. The molecule has 2 aliphatic rings. The minimum absolute atomic E-state index is 0.0105. The summed E-state index contributed by atoms with van der Waals surface area (Å²) in [6, 6.07) is 5.01. The third-order valence-corrected chi connectivity index (χ3v) is 4.43. The zero-order valence-corrected chi connectivity index (χ0v) is 14.0. The summed E-state index contributed by atoms with van der Waals surface area (Å²) in [5.41, 5.74) is 6.01. The average Bonchev–Trinajstić information content (AvgIpc) is 3.05. The Bertz CT molecular complexity index is 672. The fourth-order valence-corrected chi connectivity index (χ4v) is 3.07. The van der Waals surface area contributed by atoms with Crippen molar-refractivity contribution in [3.05, 3.63) is 17.7 Å². The van der Waals surface area contributed by atoms with E-state index >= 15 is 0 Å². The van der Waals surface area contributed by atoms with Gasteiger partial charge in [0.05, 0.1) is 25.4 Å². The number of rotatable bonds is 4. The molecular weight excluding hydrogens is 332 g/mol. The van der Waals surface area contributed by atoms with Crippen molar-refractivity contribution in [1.82, 2.24) is 4.90 Å². The van der Waals surface area contributed by atoms with E-state index in [1.54, 1.807) is 18.0 Å². The molecule has 0 amide bonds. The summed E-state index contributed by atoms with van der Waals surface area (Å²) in [6.45, 7) is 1.08. The summed E-state index contributed by atoms with van der Waals surface area (Å²) in [7, 11) is 1.64. The maximum absolute atomic E-state index is 14.3. The van der Waals surface area contributed by atoms with Crippen molar-refractivity contribution >= 4 is 5.69 Å². The van der Waals surface area contributed by atoms with Crippen LogP contribution in [0.5, 0.6) is 11.5 Å². The van der Waals surface area contributed by atoms with Crippen LogP contribution < -0.4 is 15.2 Å². The zero-order chi connectivity index (χ0) is 18.0. The molecule has 1 aromatic carbocycles. The molecule has 2 saturated heterocycles. The fourth-order valence-electron chi connectivity index (χ4n) is 3.07. The Hall–Kier alpha value is -2.11. The van der Waals surface area contributed by atoms with E-state index in [0.717, 1.165) is 0 Å². The van der Waals surface area contributed by atoms with Crippen molar-refractivity contribution < 1.29 is 23.0 Å². The van der Waals surface area contributed by atoms with Crippen LogP contribution in [0.1, 0.15) is 18.4 Å². The zero-order valence-electron chi connectivity index (χ0n) is 14.0. The van der Waals surface area contributed by atoms with Crippen LogP contribution in [0.4, 0.5) is 14.5 Å². The molecule has 3 rings (SSSR count). The van der Waals surface area contributed by atoms with Crippen LogP contribution in [0.15, 0.2) is 12.1 Å². The van der Waals surface area contributed by atoms with Gasteiger partial charge >= 0.3 is 0 Å². The Morgan fingerprint density at radius 3 is 2.80 bits per heavy atom. The number of hydrogen-bond acceptors (Lipinski definition) is 6. The van der Waals surface area contributed by atoms with E-state index in [0.29, 0.717) is 26.2 Å². The Morgan fingerprint density at radius 2 is 2.16 bits per heavy atom. The molecule has 6 nitrogen and oxygen atoms in total. The van der Waals surface area contributed by atoms with Crippen LogP contribution in [-0.2, 0) is 4.74 Å². The normalized spacial score (nSPS) is 26.2. The number of halogens is 2. The molecule has 2 N–H and O–H groups in total. The minimum Gasteiger partial charge on any atom is -0.484 e. The van der Waals surface area contributed by atoms with Gasteiger partial charge in [-0.05, 0) is 19.2 Å². The monoisotopic (exact) mass is 353 g/mol. The number of alkyl halides is 2. The van der Waals surface area contributed by atoms with Crippen LogP contribution in [-0.4, -0.2) is 56.4 Å². The number of anilines is 1. The molecular formula is C17H21F2N3O3. The van der Waals surface area contributed by atoms with Crippen molar-refractivity contribution in [2.75, 3.05) is 39.1 Å². The Labute approximate surface area is 145 Å². The lowest BCUT2D eigenvalue weighted by molar-refractivity contribution is -0.135. The number of benzene rings is 1. The first-order valence-corrected chi connectivity index (χ1v) is 8.20. The molecule has 8 heteroatoms.